The summed E-state index contributed by atoms with van der Waals surface area (Å²) in [6.07, 6.45) is 1.77. The number of fused-ring (bicyclic) bond motifs is 2. The first-order valence-electron chi connectivity index (χ1n) is 10.8. The maximum absolute atomic E-state index is 13.7. The van der Waals surface area contributed by atoms with Crippen LogP contribution >= 0.6 is 22.7 Å². The van der Waals surface area contributed by atoms with Crippen molar-refractivity contribution in [1.29, 1.82) is 0 Å². The van der Waals surface area contributed by atoms with Gasteiger partial charge >= 0.3 is 5.97 Å². The highest BCUT2D eigenvalue weighted by Gasteiger charge is 2.44. The number of nitrogens with zero attached hydrogens (tertiary/aromatic N) is 3. The summed E-state index contributed by atoms with van der Waals surface area (Å²) < 4.78 is 30.6. The number of thiazole rings is 1. The molecule has 0 radical (unpaired) electrons. The zero-order chi connectivity index (χ0) is 24.2. The fourth-order valence-corrected chi connectivity index (χ4v) is 8.10. The predicted molar refractivity (Wildman–Crippen MR) is 136 cm³/mol. The molecule has 10 heteroatoms. The molecule has 0 spiro atoms. The van der Waals surface area contributed by atoms with Gasteiger partial charge in [0, 0.05) is 28.0 Å². The van der Waals surface area contributed by atoms with Gasteiger partial charge in [0.1, 0.15) is 11.6 Å². The van der Waals surface area contributed by atoms with Gasteiger partial charge in [-0.2, -0.15) is 4.31 Å². The molecule has 6 rings (SSSR count). The molecule has 7 nitrogen and oxygen atoms in total. The van der Waals surface area contributed by atoms with Gasteiger partial charge in [-0.05, 0) is 29.1 Å². The van der Waals surface area contributed by atoms with Gasteiger partial charge in [0.2, 0.25) is 10.0 Å². The van der Waals surface area contributed by atoms with Gasteiger partial charge in [-0.3, -0.25) is 4.79 Å². The van der Waals surface area contributed by atoms with E-state index in [0.717, 1.165) is 26.4 Å². The quantitative estimate of drug-likeness (QED) is 0.331. The van der Waals surface area contributed by atoms with Crippen LogP contribution in [0.5, 0.6) is 0 Å². The van der Waals surface area contributed by atoms with Crippen LogP contribution in [0.4, 0.5) is 0 Å². The molecule has 0 bridgehead atoms. The third-order valence-electron chi connectivity index (χ3n) is 6.11. The van der Waals surface area contributed by atoms with Crippen molar-refractivity contribution in [2.24, 2.45) is 0 Å². The average molecular weight is 522 g/mol. The molecular weight excluding hydrogens is 502 g/mol. The Morgan fingerprint density at radius 2 is 1.80 bits per heavy atom. The highest BCUT2D eigenvalue weighted by molar-refractivity contribution is 7.89. The van der Waals surface area contributed by atoms with Crippen molar-refractivity contribution < 1.29 is 18.3 Å². The molecule has 0 amide bonds. The van der Waals surface area contributed by atoms with E-state index in [2.05, 4.69) is 0 Å². The number of para-hydroxylation sites is 1. The number of hydrogen-bond acceptors (Lipinski definition) is 6. The van der Waals surface area contributed by atoms with Crippen molar-refractivity contribution in [2.75, 3.05) is 0 Å². The van der Waals surface area contributed by atoms with Gasteiger partial charge in [0.25, 0.3) is 0 Å². The number of aromatic nitrogens is 2. The Kier molecular flexibility index (Phi) is 5.33. The summed E-state index contributed by atoms with van der Waals surface area (Å²) in [5.74, 6) is -0.961. The molecule has 2 aromatic carbocycles. The van der Waals surface area contributed by atoms with E-state index in [9.17, 15) is 18.3 Å². The molecular formula is C25H19N3O4S3. The molecule has 1 unspecified atom stereocenters. The molecule has 0 fully saturated rings. The lowest BCUT2D eigenvalue weighted by Crippen LogP contribution is -2.28. The van der Waals surface area contributed by atoms with E-state index in [1.54, 1.807) is 34.2 Å². The van der Waals surface area contributed by atoms with E-state index in [-0.39, 0.29) is 18.0 Å². The van der Waals surface area contributed by atoms with Crippen molar-refractivity contribution >= 4 is 49.6 Å². The van der Waals surface area contributed by atoms with Crippen LogP contribution in [0.3, 0.4) is 0 Å². The minimum absolute atomic E-state index is 0.113. The lowest BCUT2D eigenvalue weighted by atomic mass is 9.98. The van der Waals surface area contributed by atoms with Gasteiger partial charge in [-0.25, -0.2) is 13.4 Å². The van der Waals surface area contributed by atoms with Crippen LogP contribution in [0.2, 0.25) is 0 Å². The van der Waals surface area contributed by atoms with Crippen LogP contribution < -0.4 is 0 Å². The maximum Gasteiger partial charge on any atom is 0.323 e. The van der Waals surface area contributed by atoms with E-state index >= 15 is 0 Å². The Hall–Kier alpha value is -3.31. The fraction of sp³-hybridized carbons (Fsp3) is 0.120. The van der Waals surface area contributed by atoms with Gasteiger partial charge in [-0.15, -0.1) is 22.7 Å². The van der Waals surface area contributed by atoms with Crippen molar-refractivity contribution in [3.05, 3.63) is 94.4 Å². The second-order valence-corrected chi connectivity index (χ2v) is 11.9. The molecule has 176 valence electrons. The Balaban J connectivity index is 1.50. The summed E-state index contributed by atoms with van der Waals surface area (Å²) in [4.78, 5) is 17.6. The summed E-state index contributed by atoms with van der Waals surface area (Å²) >= 11 is 3.09. The first kappa shape index (κ1) is 22.2. The Bertz CT molecular complexity index is 1670. The van der Waals surface area contributed by atoms with Gasteiger partial charge < -0.3 is 9.67 Å². The molecule has 1 aliphatic rings. The second kappa shape index (κ2) is 8.42. The van der Waals surface area contributed by atoms with Crippen LogP contribution in [0.1, 0.15) is 22.9 Å². The number of sulfonamides is 1. The average Bonchev–Trinajstić information content (AvgIpc) is 3.62. The number of carboxylic acid groups (broad SMARTS) is 1. The van der Waals surface area contributed by atoms with Crippen LogP contribution in [-0.4, -0.2) is 33.3 Å². The third-order valence-corrected chi connectivity index (χ3v) is 9.92. The van der Waals surface area contributed by atoms with Crippen LogP contribution in [-0.2, 0) is 27.9 Å². The molecule has 0 aliphatic carbocycles. The molecule has 1 aliphatic heterocycles. The van der Waals surface area contributed by atoms with Crippen molar-refractivity contribution in [3.8, 4) is 9.88 Å². The van der Waals surface area contributed by atoms with Crippen LogP contribution in [0, 0.1) is 0 Å². The normalized spacial score (nSPS) is 17.1. The van der Waals surface area contributed by atoms with E-state index in [0.29, 0.717) is 11.3 Å². The zero-order valence-electron chi connectivity index (χ0n) is 18.2. The number of rotatable bonds is 6. The minimum atomic E-state index is -3.79. The number of benzene rings is 2. The van der Waals surface area contributed by atoms with E-state index in [1.165, 1.54) is 15.6 Å². The summed E-state index contributed by atoms with van der Waals surface area (Å²) in [7, 11) is -3.79. The maximum atomic E-state index is 13.7. The SMILES string of the molecule is O=C(O)Cn1cc(C2c3ccccc3S(=O)(=O)N2Cc2csc(-c3cccs3)n2)c2ccccc21. The second-order valence-electron chi connectivity index (χ2n) is 8.24. The number of aliphatic carboxylic acids is 1. The molecule has 5 aromatic rings. The third kappa shape index (κ3) is 3.69. The first-order chi connectivity index (χ1) is 16.9. The Morgan fingerprint density at radius 1 is 1.00 bits per heavy atom. The predicted octanol–water partition coefficient (Wildman–Crippen LogP) is 5.20. The van der Waals surface area contributed by atoms with Gasteiger partial charge in [0.05, 0.1) is 28.1 Å². The van der Waals surface area contributed by atoms with E-state index in [1.807, 2.05) is 59.3 Å². The Morgan fingerprint density at radius 3 is 2.60 bits per heavy atom. The van der Waals surface area contributed by atoms with Crippen LogP contribution in [0.15, 0.2) is 82.5 Å². The summed E-state index contributed by atoms with van der Waals surface area (Å²) in [5, 5.41) is 15.0. The highest BCUT2D eigenvalue weighted by atomic mass is 32.2. The number of thiophene rings is 1. The van der Waals surface area contributed by atoms with Crippen molar-refractivity contribution in [1.82, 2.24) is 13.9 Å². The smallest absolute Gasteiger partial charge is 0.323 e. The molecule has 4 heterocycles. The standard InChI is InChI=1S/C25H19N3O4S3/c29-23(30)14-27-13-19(17-6-1-3-8-20(17)27)24-18-7-2-4-10-22(18)35(31,32)28(24)12-16-15-34-25(26-16)21-9-5-11-33-21/h1-11,13,15,24H,12,14H2,(H,29,30). The molecule has 0 saturated heterocycles. The molecule has 35 heavy (non-hydrogen) atoms. The van der Waals surface area contributed by atoms with Crippen LogP contribution in [0.25, 0.3) is 20.8 Å². The number of hydrogen-bond donors (Lipinski definition) is 1. The highest BCUT2D eigenvalue weighted by Crippen LogP contribution is 2.46. The fourth-order valence-electron chi connectivity index (χ4n) is 4.68. The van der Waals surface area contributed by atoms with E-state index in [4.69, 9.17) is 4.98 Å². The molecule has 1 atom stereocenters. The van der Waals surface area contributed by atoms with Gasteiger partial charge in [0.15, 0.2) is 0 Å². The minimum Gasteiger partial charge on any atom is -0.480 e. The molecule has 1 N–H and O–H groups in total. The van der Waals surface area contributed by atoms with Gasteiger partial charge in [-0.1, -0.05) is 42.5 Å². The summed E-state index contributed by atoms with van der Waals surface area (Å²) in [6, 6.07) is 17.9. The summed E-state index contributed by atoms with van der Waals surface area (Å²) in [6.45, 7) is -0.0973. The lowest BCUT2D eigenvalue weighted by molar-refractivity contribution is -0.137. The topological polar surface area (TPSA) is 92.5 Å². The Labute approximate surface area is 209 Å². The zero-order valence-corrected chi connectivity index (χ0v) is 20.7. The van der Waals surface area contributed by atoms with E-state index < -0.39 is 22.0 Å². The number of carboxylic acids is 1. The monoisotopic (exact) mass is 521 g/mol. The summed E-state index contributed by atoms with van der Waals surface area (Å²) in [5.41, 5.74) is 2.86. The first-order valence-corrected chi connectivity index (χ1v) is 14.0. The largest absolute Gasteiger partial charge is 0.480 e. The molecule has 0 saturated carbocycles. The molecule has 3 aromatic heterocycles. The lowest BCUT2D eigenvalue weighted by Gasteiger charge is -2.22. The van der Waals surface area contributed by atoms with Crippen molar-refractivity contribution in [3.63, 3.8) is 0 Å². The van der Waals surface area contributed by atoms with Crippen molar-refractivity contribution in [2.45, 2.75) is 24.0 Å². The number of carbonyl (C=O) groups is 1.